The third-order valence-electron chi connectivity index (χ3n) is 5.45. The topological polar surface area (TPSA) is 70.7 Å². The number of piperidine rings is 1. The van der Waals surface area contributed by atoms with Crippen LogP contribution >= 0.6 is 0 Å². The van der Waals surface area contributed by atoms with Crippen molar-refractivity contribution in [1.82, 2.24) is 14.3 Å². The number of rotatable bonds is 8. The van der Waals surface area contributed by atoms with Crippen LogP contribution in [0.1, 0.15) is 56.6 Å². The summed E-state index contributed by atoms with van der Waals surface area (Å²) >= 11 is 0. The standard InChI is InChI=1S/C19H31N3O3S/c1-25-18-11-7-8-16(14-18)19(22-12-5-2-6-13-22)15-20-26(23,24)21-17-9-3-4-10-17/h7-8,11,14,17,19-21H,2-6,9-10,12-13,15H2,1H3. The number of likely N-dealkylation sites (tertiary alicyclic amines) is 1. The highest BCUT2D eigenvalue weighted by Crippen LogP contribution is 2.27. The molecule has 0 radical (unpaired) electrons. The first-order valence-electron chi connectivity index (χ1n) is 9.72. The molecule has 0 spiro atoms. The Hall–Kier alpha value is -1.15. The average molecular weight is 382 g/mol. The fourth-order valence-corrected chi connectivity index (χ4v) is 5.17. The lowest BCUT2D eigenvalue weighted by molar-refractivity contribution is 0.164. The van der Waals surface area contributed by atoms with Crippen LogP contribution < -0.4 is 14.2 Å². The largest absolute Gasteiger partial charge is 0.497 e. The maximum atomic E-state index is 12.5. The highest BCUT2D eigenvalue weighted by molar-refractivity contribution is 7.87. The van der Waals surface area contributed by atoms with E-state index in [1.54, 1.807) is 7.11 Å². The van der Waals surface area contributed by atoms with Crippen LogP contribution in [0.2, 0.25) is 0 Å². The maximum Gasteiger partial charge on any atom is 0.277 e. The number of hydrogen-bond acceptors (Lipinski definition) is 4. The van der Waals surface area contributed by atoms with Gasteiger partial charge in [0, 0.05) is 18.6 Å². The molecule has 3 rings (SSSR count). The smallest absolute Gasteiger partial charge is 0.277 e. The van der Waals surface area contributed by atoms with Gasteiger partial charge in [-0.3, -0.25) is 4.90 Å². The van der Waals surface area contributed by atoms with Gasteiger partial charge in [0.2, 0.25) is 0 Å². The highest BCUT2D eigenvalue weighted by atomic mass is 32.2. The first kappa shape index (κ1) is 19.6. The number of nitrogens with one attached hydrogen (secondary N) is 2. The Labute approximate surface area is 157 Å². The van der Waals surface area contributed by atoms with Crippen LogP contribution in [0.4, 0.5) is 0 Å². The zero-order chi connectivity index (χ0) is 18.4. The molecule has 2 aliphatic rings. The van der Waals surface area contributed by atoms with Crippen molar-refractivity contribution in [2.24, 2.45) is 0 Å². The van der Waals surface area contributed by atoms with E-state index in [4.69, 9.17) is 4.74 Å². The summed E-state index contributed by atoms with van der Waals surface area (Å²) in [5, 5.41) is 0. The van der Waals surface area contributed by atoms with Gasteiger partial charge in [0.25, 0.3) is 10.2 Å². The summed E-state index contributed by atoms with van der Waals surface area (Å²) in [5.74, 6) is 0.802. The zero-order valence-corrected chi connectivity index (χ0v) is 16.4. The molecule has 1 heterocycles. The Balaban J connectivity index is 1.70. The van der Waals surface area contributed by atoms with Crippen LogP contribution in [0.15, 0.2) is 24.3 Å². The first-order chi connectivity index (χ1) is 12.6. The first-order valence-corrected chi connectivity index (χ1v) is 11.2. The van der Waals surface area contributed by atoms with E-state index < -0.39 is 10.2 Å². The van der Waals surface area contributed by atoms with Crippen LogP contribution in [0, 0.1) is 0 Å². The van der Waals surface area contributed by atoms with Crippen LogP contribution in [0.25, 0.3) is 0 Å². The Morgan fingerprint density at radius 1 is 1.15 bits per heavy atom. The van der Waals surface area contributed by atoms with E-state index in [0.29, 0.717) is 6.54 Å². The second-order valence-electron chi connectivity index (χ2n) is 7.34. The molecule has 146 valence electrons. The molecule has 26 heavy (non-hydrogen) atoms. The Bertz CT molecular complexity index is 668. The third-order valence-corrected chi connectivity index (χ3v) is 6.64. The minimum Gasteiger partial charge on any atom is -0.497 e. The lowest BCUT2D eigenvalue weighted by atomic mass is 10.0. The zero-order valence-electron chi connectivity index (χ0n) is 15.6. The number of methoxy groups -OCH3 is 1. The van der Waals surface area contributed by atoms with Crippen molar-refractivity contribution >= 4 is 10.2 Å². The van der Waals surface area contributed by atoms with E-state index in [2.05, 4.69) is 20.4 Å². The van der Waals surface area contributed by atoms with E-state index in [0.717, 1.165) is 62.9 Å². The molecule has 0 bridgehead atoms. The summed E-state index contributed by atoms with van der Waals surface area (Å²) in [6.07, 6.45) is 7.65. The summed E-state index contributed by atoms with van der Waals surface area (Å²) in [4.78, 5) is 2.39. The van der Waals surface area contributed by atoms with Crippen molar-refractivity contribution in [3.8, 4) is 5.75 Å². The van der Waals surface area contributed by atoms with Crippen LogP contribution in [0.5, 0.6) is 5.75 Å². The van der Waals surface area contributed by atoms with Gasteiger partial charge >= 0.3 is 0 Å². The second kappa shape index (κ2) is 9.17. The Morgan fingerprint density at radius 3 is 2.58 bits per heavy atom. The van der Waals surface area contributed by atoms with Gasteiger partial charge in [-0.05, 0) is 56.5 Å². The van der Waals surface area contributed by atoms with E-state index in [1.165, 1.54) is 6.42 Å². The Kier molecular flexibility index (Phi) is 6.92. The van der Waals surface area contributed by atoms with Crippen molar-refractivity contribution < 1.29 is 13.2 Å². The van der Waals surface area contributed by atoms with Gasteiger partial charge in [-0.2, -0.15) is 13.1 Å². The number of ether oxygens (including phenoxy) is 1. The summed E-state index contributed by atoms with van der Waals surface area (Å²) < 4.78 is 35.9. The van der Waals surface area contributed by atoms with Gasteiger partial charge in [-0.25, -0.2) is 4.72 Å². The molecule has 1 aliphatic carbocycles. The highest BCUT2D eigenvalue weighted by Gasteiger charge is 2.26. The van der Waals surface area contributed by atoms with Crippen molar-refractivity contribution in [3.63, 3.8) is 0 Å². The number of nitrogens with zero attached hydrogens (tertiary/aromatic N) is 1. The van der Waals surface area contributed by atoms with Crippen molar-refractivity contribution in [1.29, 1.82) is 0 Å². The van der Waals surface area contributed by atoms with Gasteiger partial charge in [-0.15, -0.1) is 0 Å². The van der Waals surface area contributed by atoms with Crippen LogP contribution in [-0.4, -0.2) is 46.1 Å². The molecule has 1 aromatic rings. The molecule has 1 unspecified atom stereocenters. The Morgan fingerprint density at radius 2 is 1.88 bits per heavy atom. The molecule has 6 nitrogen and oxygen atoms in total. The van der Waals surface area contributed by atoms with E-state index in [1.807, 2.05) is 18.2 Å². The van der Waals surface area contributed by atoms with E-state index >= 15 is 0 Å². The summed E-state index contributed by atoms with van der Waals surface area (Å²) in [6.45, 7) is 2.37. The number of hydrogen-bond donors (Lipinski definition) is 2. The van der Waals surface area contributed by atoms with Gasteiger partial charge in [0.15, 0.2) is 0 Å². The van der Waals surface area contributed by atoms with Crippen molar-refractivity contribution in [3.05, 3.63) is 29.8 Å². The summed E-state index contributed by atoms with van der Waals surface area (Å²) in [7, 11) is -1.82. The van der Waals surface area contributed by atoms with Crippen molar-refractivity contribution in [2.45, 2.75) is 57.0 Å². The lowest BCUT2D eigenvalue weighted by Gasteiger charge is -2.35. The molecule has 7 heteroatoms. The predicted molar refractivity (Wildman–Crippen MR) is 103 cm³/mol. The summed E-state index contributed by atoms with van der Waals surface area (Å²) in [5.41, 5.74) is 1.09. The van der Waals surface area contributed by atoms with E-state index in [9.17, 15) is 8.42 Å². The fourth-order valence-electron chi connectivity index (χ4n) is 4.03. The molecule has 0 aromatic heterocycles. The third kappa shape index (κ3) is 5.42. The molecular formula is C19H31N3O3S. The number of benzene rings is 1. The van der Waals surface area contributed by atoms with Crippen LogP contribution in [0.3, 0.4) is 0 Å². The summed E-state index contributed by atoms with van der Waals surface area (Å²) in [6, 6.07) is 8.06. The fraction of sp³-hybridized carbons (Fsp3) is 0.684. The molecular weight excluding hydrogens is 350 g/mol. The molecule has 2 fully saturated rings. The average Bonchev–Trinajstić information content (AvgIpc) is 3.15. The monoisotopic (exact) mass is 381 g/mol. The molecule has 2 N–H and O–H groups in total. The lowest BCUT2D eigenvalue weighted by Crippen LogP contribution is -2.46. The quantitative estimate of drug-likeness (QED) is 0.726. The van der Waals surface area contributed by atoms with Gasteiger partial charge < -0.3 is 4.74 Å². The minimum absolute atomic E-state index is 0.0190. The second-order valence-corrected chi connectivity index (χ2v) is 8.87. The molecule has 1 saturated carbocycles. The molecule has 1 saturated heterocycles. The van der Waals surface area contributed by atoms with Gasteiger partial charge in [-0.1, -0.05) is 31.4 Å². The normalized spacial score (nSPS) is 21.0. The SMILES string of the molecule is COc1cccc(C(CNS(=O)(=O)NC2CCCC2)N2CCCCC2)c1. The molecule has 0 amide bonds. The molecule has 1 aliphatic heterocycles. The minimum atomic E-state index is -3.48. The molecule has 1 aromatic carbocycles. The van der Waals surface area contributed by atoms with Crippen LogP contribution in [-0.2, 0) is 10.2 Å². The molecule has 1 atom stereocenters. The van der Waals surface area contributed by atoms with Gasteiger partial charge in [0.1, 0.15) is 5.75 Å². The van der Waals surface area contributed by atoms with Gasteiger partial charge in [0.05, 0.1) is 7.11 Å². The maximum absolute atomic E-state index is 12.5. The predicted octanol–water partition coefficient (Wildman–Crippen LogP) is 2.59. The van der Waals surface area contributed by atoms with E-state index in [-0.39, 0.29) is 12.1 Å². The van der Waals surface area contributed by atoms with Crippen molar-refractivity contribution in [2.75, 3.05) is 26.7 Å².